The molecule has 0 aliphatic rings. The van der Waals surface area contributed by atoms with Crippen molar-refractivity contribution in [2.75, 3.05) is 13.2 Å². The maximum atomic E-state index is 13.6. The summed E-state index contributed by atoms with van der Waals surface area (Å²) in [6, 6.07) is 6.92. The van der Waals surface area contributed by atoms with Gasteiger partial charge in [-0.15, -0.1) is 0 Å². The molecule has 0 amide bonds. The highest BCUT2D eigenvalue weighted by Gasteiger charge is 2.08. The first-order chi connectivity index (χ1) is 8.29. The van der Waals surface area contributed by atoms with E-state index in [1.54, 1.807) is 6.07 Å². The van der Waals surface area contributed by atoms with Crippen molar-refractivity contribution in [2.24, 2.45) is 0 Å². The van der Waals surface area contributed by atoms with Crippen molar-refractivity contribution in [3.05, 3.63) is 29.6 Å². The van der Waals surface area contributed by atoms with Crippen molar-refractivity contribution in [1.82, 2.24) is 5.32 Å². The first-order valence-electron chi connectivity index (χ1n) is 5.77. The van der Waals surface area contributed by atoms with Crippen molar-refractivity contribution in [2.45, 2.75) is 26.3 Å². The summed E-state index contributed by atoms with van der Waals surface area (Å²) < 4.78 is 19.0. The summed E-state index contributed by atoms with van der Waals surface area (Å²) in [5, 5.41) is 11.5. The zero-order valence-corrected chi connectivity index (χ0v) is 10.0. The summed E-state index contributed by atoms with van der Waals surface area (Å²) in [6.45, 7) is 3.77. The van der Waals surface area contributed by atoms with Gasteiger partial charge >= 0.3 is 0 Å². The molecule has 0 saturated heterocycles. The Morgan fingerprint density at radius 3 is 3.00 bits per heavy atom. The maximum Gasteiger partial charge on any atom is 0.165 e. The van der Waals surface area contributed by atoms with Gasteiger partial charge in [-0.3, -0.25) is 0 Å². The molecule has 0 aliphatic carbocycles. The molecule has 1 aromatic carbocycles. The highest BCUT2D eigenvalue weighted by molar-refractivity contribution is 5.34. The van der Waals surface area contributed by atoms with Crippen LogP contribution in [0.2, 0.25) is 0 Å². The third kappa shape index (κ3) is 4.41. The number of nitrogens with one attached hydrogen (secondary N) is 1. The number of halogens is 1. The minimum absolute atomic E-state index is 0.298. The van der Waals surface area contributed by atoms with E-state index in [1.807, 2.05) is 19.1 Å². The lowest BCUT2D eigenvalue weighted by Crippen LogP contribution is -2.13. The van der Waals surface area contributed by atoms with Gasteiger partial charge in [0.1, 0.15) is 0 Å². The summed E-state index contributed by atoms with van der Waals surface area (Å²) in [6.07, 6.45) is 1.04. The first kappa shape index (κ1) is 13.5. The number of para-hydroxylation sites is 1. The molecule has 1 rings (SSSR count). The van der Waals surface area contributed by atoms with Crippen molar-refractivity contribution < 1.29 is 9.13 Å². The zero-order valence-electron chi connectivity index (χ0n) is 10.0. The number of hydrogen-bond donors (Lipinski definition) is 1. The number of rotatable bonds is 7. The van der Waals surface area contributed by atoms with Crippen LogP contribution < -0.4 is 10.1 Å². The zero-order chi connectivity index (χ0) is 12.5. The molecule has 92 valence electrons. The van der Waals surface area contributed by atoms with Gasteiger partial charge in [-0.2, -0.15) is 5.26 Å². The normalized spacial score (nSPS) is 9.94. The molecule has 4 heteroatoms. The third-order valence-electron chi connectivity index (χ3n) is 2.29. The van der Waals surface area contributed by atoms with Gasteiger partial charge in [-0.05, 0) is 19.0 Å². The summed E-state index contributed by atoms with van der Waals surface area (Å²) in [7, 11) is 0. The Kier molecular flexibility index (Phi) is 6.05. The van der Waals surface area contributed by atoms with Crippen LogP contribution in [0.5, 0.6) is 5.75 Å². The van der Waals surface area contributed by atoms with Crippen LogP contribution in [0.1, 0.15) is 25.3 Å². The topological polar surface area (TPSA) is 45.0 Å². The summed E-state index contributed by atoms with van der Waals surface area (Å²) >= 11 is 0. The quantitative estimate of drug-likeness (QED) is 0.740. The lowest BCUT2D eigenvalue weighted by Gasteiger charge is -2.12. The van der Waals surface area contributed by atoms with Gasteiger partial charge in [-0.1, -0.05) is 19.1 Å². The number of hydrogen-bond acceptors (Lipinski definition) is 3. The number of benzene rings is 1. The van der Waals surface area contributed by atoms with E-state index in [2.05, 4.69) is 5.32 Å². The monoisotopic (exact) mass is 236 g/mol. The van der Waals surface area contributed by atoms with Crippen LogP contribution in [0.15, 0.2) is 18.2 Å². The third-order valence-corrected chi connectivity index (χ3v) is 2.29. The molecule has 0 saturated carbocycles. The molecule has 0 fully saturated rings. The molecule has 0 bridgehead atoms. The second-order valence-corrected chi connectivity index (χ2v) is 3.62. The van der Waals surface area contributed by atoms with E-state index in [-0.39, 0.29) is 5.82 Å². The fourth-order valence-corrected chi connectivity index (χ4v) is 1.44. The summed E-state index contributed by atoms with van der Waals surface area (Å²) in [5.41, 5.74) is 0.809. The minimum atomic E-state index is -0.350. The van der Waals surface area contributed by atoms with Gasteiger partial charge in [0.05, 0.1) is 12.7 Å². The van der Waals surface area contributed by atoms with Crippen molar-refractivity contribution in [3.8, 4) is 11.8 Å². The van der Waals surface area contributed by atoms with E-state index in [4.69, 9.17) is 10.00 Å². The highest BCUT2D eigenvalue weighted by Crippen LogP contribution is 2.22. The molecule has 0 radical (unpaired) electrons. The molecule has 17 heavy (non-hydrogen) atoms. The van der Waals surface area contributed by atoms with Crippen molar-refractivity contribution in [3.63, 3.8) is 0 Å². The Labute approximate surface area is 101 Å². The second-order valence-electron chi connectivity index (χ2n) is 3.62. The van der Waals surface area contributed by atoms with E-state index in [0.29, 0.717) is 31.7 Å². The van der Waals surface area contributed by atoms with Gasteiger partial charge in [0.25, 0.3) is 0 Å². The van der Waals surface area contributed by atoms with Crippen LogP contribution in [-0.2, 0) is 6.54 Å². The van der Waals surface area contributed by atoms with Gasteiger partial charge < -0.3 is 10.1 Å². The van der Waals surface area contributed by atoms with Crippen LogP contribution in [0, 0.1) is 17.1 Å². The molecule has 0 atom stereocenters. The molecule has 0 aromatic heterocycles. The Hall–Kier alpha value is -1.60. The van der Waals surface area contributed by atoms with Gasteiger partial charge in [0, 0.05) is 18.5 Å². The smallest absolute Gasteiger partial charge is 0.165 e. The second kappa shape index (κ2) is 7.64. The van der Waals surface area contributed by atoms with Gasteiger partial charge in [0.15, 0.2) is 11.6 Å². The van der Waals surface area contributed by atoms with Crippen LogP contribution >= 0.6 is 0 Å². The average Bonchev–Trinajstić information content (AvgIpc) is 2.34. The average molecular weight is 236 g/mol. The first-order valence-corrected chi connectivity index (χ1v) is 5.77. The van der Waals surface area contributed by atoms with Crippen LogP contribution in [-0.4, -0.2) is 13.2 Å². The van der Waals surface area contributed by atoms with Crippen molar-refractivity contribution in [1.29, 1.82) is 5.26 Å². The Morgan fingerprint density at radius 2 is 2.29 bits per heavy atom. The van der Waals surface area contributed by atoms with E-state index in [0.717, 1.165) is 12.1 Å². The van der Waals surface area contributed by atoms with E-state index in [9.17, 15) is 4.39 Å². The molecular weight excluding hydrogens is 219 g/mol. The number of unbranched alkanes of at least 4 members (excludes halogenated alkanes) is 1. The number of ether oxygens (including phenoxy) is 1. The van der Waals surface area contributed by atoms with Crippen LogP contribution in [0.4, 0.5) is 4.39 Å². The predicted octanol–water partition coefficient (Wildman–Crippen LogP) is 2.62. The molecule has 3 nitrogen and oxygen atoms in total. The highest BCUT2D eigenvalue weighted by atomic mass is 19.1. The molecule has 0 aliphatic heterocycles. The maximum absolute atomic E-state index is 13.6. The summed E-state index contributed by atoms with van der Waals surface area (Å²) in [4.78, 5) is 0. The summed E-state index contributed by atoms with van der Waals surface area (Å²) in [5.74, 6) is -0.0521. The van der Waals surface area contributed by atoms with E-state index >= 15 is 0 Å². The van der Waals surface area contributed by atoms with Crippen molar-refractivity contribution >= 4 is 0 Å². The number of nitrogens with zero attached hydrogens (tertiary/aromatic N) is 1. The molecule has 1 aromatic rings. The SMILES string of the molecule is CCNCc1cccc(F)c1OCCCC#N. The minimum Gasteiger partial charge on any atom is -0.490 e. The molecular formula is C13H17FN2O. The van der Waals surface area contributed by atoms with Crippen LogP contribution in [0.3, 0.4) is 0 Å². The molecule has 0 unspecified atom stereocenters. The fourth-order valence-electron chi connectivity index (χ4n) is 1.44. The van der Waals surface area contributed by atoms with E-state index in [1.165, 1.54) is 6.07 Å². The van der Waals surface area contributed by atoms with Crippen LogP contribution in [0.25, 0.3) is 0 Å². The fraction of sp³-hybridized carbons (Fsp3) is 0.462. The van der Waals surface area contributed by atoms with Gasteiger partial charge in [0.2, 0.25) is 0 Å². The lowest BCUT2D eigenvalue weighted by atomic mass is 10.2. The Bertz CT molecular complexity index is 387. The largest absolute Gasteiger partial charge is 0.490 e. The van der Waals surface area contributed by atoms with Gasteiger partial charge in [-0.25, -0.2) is 4.39 Å². The number of nitriles is 1. The Balaban J connectivity index is 2.63. The van der Waals surface area contributed by atoms with E-state index < -0.39 is 0 Å². The Morgan fingerprint density at radius 1 is 1.47 bits per heavy atom. The molecule has 0 heterocycles. The molecule has 1 N–H and O–H groups in total. The standard InChI is InChI=1S/C13H17FN2O/c1-2-16-10-11-6-5-7-12(14)13(11)17-9-4-3-8-15/h5-7,16H,2-4,9-10H2,1H3. The lowest BCUT2D eigenvalue weighted by molar-refractivity contribution is 0.293. The predicted molar refractivity (Wildman–Crippen MR) is 64.1 cm³/mol. The molecule has 0 spiro atoms.